The molecule has 10 nitrogen and oxygen atoms in total. The highest BCUT2D eigenvalue weighted by atomic mass is 16.6. The molecule has 2 N–H and O–H groups in total. The Morgan fingerprint density at radius 2 is 1.67 bits per heavy atom. The van der Waals surface area contributed by atoms with Crippen molar-refractivity contribution in [2.24, 2.45) is 4.99 Å². The molecule has 0 amide bonds. The summed E-state index contributed by atoms with van der Waals surface area (Å²) >= 11 is 0. The third-order valence-electron chi connectivity index (χ3n) is 8.10. The Morgan fingerprint density at radius 3 is 2.42 bits per heavy atom. The summed E-state index contributed by atoms with van der Waals surface area (Å²) in [6.45, 7) is 3.68. The number of anilines is 1. The summed E-state index contributed by atoms with van der Waals surface area (Å²) < 4.78 is 7.56. The van der Waals surface area contributed by atoms with Crippen LogP contribution in [0.4, 0.5) is 17.1 Å². The zero-order chi connectivity index (χ0) is 31.2. The first-order chi connectivity index (χ1) is 21.8. The first kappa shape index (κ1) is 27.8. The molecule has 0 bridgehead atoms. The molecule has 0 aliphatic carbocycles. The molecule has 1 aliphatic heterocycles. The summed E-state index contributed by atoms with van der Waals surface area (Å²) in [7, 11) is 0. The van der Waals surface area contributed by atoms with Gasteiger partial charge in [-0.05, 0) is 61.4 Å². The zero-order valence-electron chi connectivity index (χ0n) is 24.4. The standard InChI is InChI=1S/C35H27N5O5/c1-20-12-13-21(2)34-30(20)33(41)31(35(42)45-34)29-18-28(36-26-10-6-7-11-27(26)37-29)25-19-39(23-8-4-3-5-9-23)38-32(25)22-14-16-24(17-15-22)40(43)44/h3-17,19,28,36,41H,18H2,1-2H3. The van der Waals surface area contributed by atoms with E-state index in [9.17, 15) is 20.0 Å². The van der Waals surface area contributed by atoms with Crippen molar-refractivity contribution in [2.45, 2.75) is 26.3 Å². The number of fused-ring (bicyclic) bond motifs is 2. The van der Waals surface area contributed by atoms with E-state index in [1.165, 1.54) is 12.1 Å². The lowest BCUT2D eigenvalue weighted by Gasteiger charge is -2.19. The van der Waals surface area contributed by atoms with Gasteiger partial charge >= 0.3 is 5.63 Å². The van der Waals surface area contributed by atoms with Gasteiger partial charge in [-0.25, -0.2) is 9.48 Å². The van der Waals surface area contributed by atoms with Crippen LogP contribution in [0.3, 0.4) is 0 Å². The first-order valence-corrected chi connectivity index (χ1v) is 14.4. The quantitative estimate of drug-likeness (QED) is 0.119. The smallest absolute Gasteiger partial charge is 0.349 e. The average molecular weight is 598 g/mol. The first-order valence-electron chi connectivity index (χ1n) is 14.4. The van der Waals surface area contributed by atoms with Crippen LogP contribution in [0.5, 0.6) is 5.75 Å². The lowest BCUT2D eigenvalue weighted by molar-refractivity contribution is -0.384. The van der Waals surface area contributed by atoms with Crippen LogP contribution in [0.2, 0.25) is 0 Å². The van der Waals surface area contributed by atoms with Crippen LogP contribution in [0, 0.1) is 24.0 Å². The third-order valence-corrected chi connectivity index (χ3v) is 8.10. The Balaban J connectivity index is 1.43. The van der Waals surface area contributed by atoms with Gasteiger partial charge in [0.2, 0.25) is 0 Å². The van der Waals surface area contributed by atoms with E-state index in [2.05, 4.69) is 5.32 Å². The van der Waals surface area contributed by atoms with Gasteiger partial charge in [0, 0.05) is 35.9 Å². The van der Waals surface area contributed by atoms with E-state index < -0.39 is 16.6 Å². The molecule has 3 heterocycles. The monoisotopic (exact) mass is 597 g/mol. The molecule has 1 unspecified atom stereocenters. The topological polar surface area (TPSA) is 136 Å². The maximum absolute atomic E-state index is 13.5. The molecule has 10 heteroatoms. The number of benzene rings is 4. The van der Waals surface area contributed by atoms with Crippen molar-refractivity contribution >= 4 is 33.7 Å². The van der Waals surface area contributed by atoms with Gasteiger partial charge in [0.05, 0.1) is 44.8 Å². The molecule has 6 aromatic rings. The number of hydrogen-bond acceptors (Lipinski definition) is 8. The number of nitrogens with zero attached hydrogens (tertiary/aromatic N) is 4. The van der Waals surface area contributed by atoms with E-state index in [0.29, 0.717) is 33.6 Å². The van der Waals surface area contributed by atoms with Gasteiger partial charge in [-0.1, -0.05) is 42.5 Å². The number of nitrogens with one attached hydrogen (secondary N) is 1. The summed E-state index contributed by atoms with van der Waals surface area (Å²) in [6.07, 6.45) is 2.11. The van der Waals surface area contributed by atoms with Crippen molar-refractivity contribution < 1.29 is 14.4 Å². The van der Waals surface area contributed by atoms with E-state index in [1.807, 2.05) is 86.8 Å². The van der Waals surface area contributed by atoms with Crippen molar-refractivity contribution in [3.05, 3.63) is 140 Å². The summed E-state index contributed by atoms with van der Waals surface area (Å²) in [4.78, 5) is 29.4. The molecule has 0 radical (unpaired) electrons. The van der Waals surface area contributed by atoms with Crippen molar-refractivity contribution in [3.63, 3.8) is 0 Å². The van der Waals surface area contributed by atoms with Crippen LogP contribution >= 0.6 is 0 Å². The maximum atomic E-state index is 13.5. The Bertz CT molecular complexity index is 2200. The fraction of sp³-hybridized carbons (Fsp3) is 0.114. The van der Waals surface area contributed by atoms with Crippen LogP contribution in [-0.4, -0.2) is 25.5 Å². The van der Waals surface area contributed by atoms with Crippen LogP contribution < -0.4 is 10.9 Å². The van der Waals surface area contributed by atoms with E-state index >= 15 is 0 Å². The Hall–Kier alpha value is -6.03. The summed E-state index contributed by atoms with van der Waals surface area (Å²) in [6, 6.07) is 26.6. The van der Waals surface area contributed by atoms with Gasteiger partial charge in [0.25, 0.3) is 5.69 Å². The number of nitro benzene ring substituents is 1. The third kappa shape index (κ3) is 4.92. The maximum Gasteiger partial charge on any atom is 0.349 e. The molecular weight excluding hydrogens is 570 g/mol. The number of nitro groups is 1. The van der Waals surface area contributed by atoms with E-state index in [4.69, 9.17) is 14.5 Å². The van der Waals surface area contributed by atoms with E-state index in [1.54, 1.807) is 16.8 Å². The number of para-hydroxylation sites is 3. The van der Waals surface area contributed by atoms with Gasteiger partial charge in [-0.15, -0.1) is 0 Å². The van der Waals surface area contributed by atoms with E-state index in [-0.39, 0.29) is 23.4 Å². The van der Waals surface area contributed by atoms with E-state index in [0.717, 1.165) is 28.1 Å². The van der Waals surface area contributed by atoms with Crippen molar-refractivity contribution in [1.29, 1.82) is 0 Å². The number of aliphatic imine (C=N–C) groups is 1. The number of aryl methyl sites for hydroxylation is 2. The number of aromatic nitrogens is 2. The SMILES string of the molecule is Cc1ccc(C)c2c(O)c(C3=Nc4ccccc4NC(c4cn(-c5ccccc5)nc4-c4ccc([N+](=O)[O-])cc4)C3)c(=O)oc12. The summed E-state index contributed by atoms with van der Waals surface area (Å²) in [5.41, 5.74) is 5.73. The van der Waals surface area contributed by atoms with Gasteiger partial charge in [-0.2, -0.15) is 5.10 Å². The fourth-order valence-corrected chi connectivity index (χ4v) is 5.81. The number of non-ortho nitro benzene ring substituents is 1. The molecule has 0 saturated heterocycles. The highest BCUT2D eigenvalue weighted by Crippen LogP contribution is 2.41. The van der Waals surface area contributed by atoms with Gasteiger partial charge < -0.3 is 14.8 Å². The molecule has 1 aliphatic rings. The average Bonchev–Trinajstić information content (AvgIpc) is 3.40. The largest absolute Gasteiger partial charge is 0.506 e. The van der Waals surface area contributed by atoms with Crippen molar-refractivity contribution in [2.75, 3.05) is 5.32 Å². The molecular formula is C35H27N5O5. The second-order valence-corrected chi connectivity index (χ2v) is 11.0. The normalized spacial score (nSPS) is 14.4. The van der Waals surface area contributed by atoms with Crippen molar-refractivity contribution in [3.8, 4) is 22.7 Å². The molecule has 4 aromatic carbocycles. The lowest BCUT2D eigenvalue weighted by atomic mass is 9.94. The molecule has 7 rings (SSSR count). The second-order valence-electron chi connectivity index (χ2n) is 11.0. The Kier molecular flexibility index (Phi) is 6.74. The Morgan fingerprint density at radius 1 is 0.956 bits per heavy atom. The highest BCUT2D eigenvalue weighted by Gasteiger charge is 2.30. The molecule has 2 aromatic heterocycles. The predicted molar refractivity (Wildman–Crippen MR) is 173 cm³/mol. The minimum Gasteiger partial charge on any atom is -0.506 e. The predicted octanol–water partition coefficient (Wildman–Crippen LogP) is 7.55. The van der Waals surface area contributed by atoms with Gasteiger partial charge in [-0.3, -0.25) is 15.1 Å². The van der Waals surface area contributed by atoms with Gasteiger partial charge in [0.15, 0.2) is 0 Å². The number of rotatable bonds is 5. The minimum atomic E-state index is -0.679. The van der Waals surface area contributed by atoms with Crippen LogP contribution in [-0.2, 0) is 0 Å². The lowest BCUT2D eigenvalue weighted by Crippen LogP contribution is -2.20. The molecule has 0 fully saturated rings. The highest BCUT2D eigenvalue weighted by molar-refractivity contribution is 6.09. The molecule has 0 spiro atoms. The summed E-state index contributed by atoms with van der Waals surface area (Å²) in [5, 5.41) is 31.9. The van der Waals surface area contributed by atoms with Gasteiger partial charge in [0.1, 0.15) is 16.9 Å². The molecule has 45 heavy (non-hydrogen) atoms. The summed E-state index contributed by atoms with van der Waals surface area (Å²) in [5.74, 6) is -0.171. The zero-order valence-corrected chi connectivity index (χ0v) is 24.4. The number of hydrogen-bond donors (Lipinski definition) is 2. The second kappa shape index (κ2) is 10.9. The minimum absolute atomic E-state index is 0.00652. The molecule has 222 valence electrons. The van der Waals surface area contributed by atoms with Crippen molar-refractivity contribution in [1.82, 2.24) is 9.78 Å². The van der Waals surface area contributed by atoms with Crippen LogP contribution in [0.25, 0.3) is 27.9 Å². The van der Waals surface area contributed by atoms with Crippen LogP contribution in [0.15, 0.2) is 111 Å². The van der Waals surface area contributed by atoms with Crippen LogP contribution in [0.1, 0.15) is 34.7 Å². The fourth-order valence-electron chi connectivity index (χ4n) is 5.81. The molecule has 1 atom stereocenters. The Labute approximate surface area is 257 Å². The number of aromatic hydroxyl groups is 1. The molecule has 0 saturated carbocycles.